The maximum atomic E-state index is 10.5. The second-order valence-corrected chi connectivity index (χ2v) is 12.4. The van der Waals surface area contributed by atoms with Crippen molar-refractivity contribution >= 4 is 45.6 Å². The molecule has 0 N–H and O–H groups in total. The molecule has 240 valence electrons. The molecule has 2 saturated heterocycles. The molecule has 0 unspecified atom stereocenters. The zero-order valence-corrected chi connectivity index (χ0v) is 26.5. The number of unbranched alkanes of at least 4 members (excludes halogenated alkanes) is 1. The van der Waals surface area contributed by atoms with Crippen LogP contribution >= 0.6 is 34.5 Å². The fourth-order valence-electron chi connectivity index (χ4n) is 5.01. The normalized spacial score (nSPS) is 16.1. The zero-order valence-electron chi connectivity index (χ0n) is 24.2. The largest absolute Gasteiger partial charge is 0.659 e. The van der Waals surface area contributed by atoms with Gasteiger partial charge in [0.2, 0.25) is 0 Å². The lowest BCUT2D eigenvalue weighted by Crippen LogP contribution is -2.37. The molecule has 44 heavy (non-hydrogen) atoms. The van der Waals surface area contributed by atoms with Gasteiger partial charge in [0, 0.05) is 30.6 Å². The molecule has 2 aromatic carbocycles. The molecule has 3 heterocycles. The minimum absolute atomic E-state index is 0.482. The van der Waals surface area contributed by atoms with Gasteiger partial charge in [-0.1, -0.05) is 48.5 Å². The van der Waals surface area contributed by atoms with Crippen molar-refractivity contribution < 1.29 is 27.8 Å². The zero-order chi connectivity index (χ0) is 31.5. The Hall–Kier alpha value is -2.57. The van der Waals surface area contributed by atoms with Crippen molar-refractivity contribution in [3.63, 3.8) is 0 Å². The predicted molar refractivity (Wildman–Crippen MR) is 168 cm³/mol. The third-order valence-corrected chi connectivity index (χ3v) is 9.05. The van der Waals surface area contributed by atoms with Gasteiger partial charge in [0.05, 0.1) is 22.3 Å². The molecule has 3 aromatic rings. The summed E-state index contributed by atoms with van der Waals surface area (Å²) in [6, 6.07) is 14.7. The Bertz CT molecular complexity index is 1330. The number of carbonyl (C=O) groups excluding carboxylic acids is 1. The topological polar surface area (TPSA) is 82.8 Å². The molecule has 2 aliphatic rings. The third kappa shape index (κ3) is 10.8. The number of aromatic nitrogens is 1. The van der Waals surface area contributed by atoms with Gasteiger partial charge >= 0.3 is 6.18 Å². The van der Waals surface area contributed by atoms with Crippen LogP contribution in [0.25, 0.3) is 16.6 Å². The standard InChI is InChI=1S/C29H35Cl2N4OS.C2HF3O2/c30-26-10-5-22(19-27(26)31)20-34-16-11-24(12-17-34)32-13-1-4-18-36-25-8-6-23(7-9-25)28-21-37-29(33-28)35-14-2-3-15-35;3-2(4,5)1(6)7/h5-10,19,21,24H,1-4,11-18,20H2;(H,6,7)/q-1;/p-1. The number of likely N-dealkylation sites (tertiary alicyclic amines) is 1. The van der Waals surface area contributed by atoms with Crippen LogP contribution in [0.5, 0.6) is 5.75 Å². The van der Waals surface area contributed by atoms with Crippen LogP contribution in [0.4, 0.5) is 18.3 Å². The van der Waals surface area contributed by atoms with Gasteiger partial charge in [0.1, 0.15) is 11.7 Å². The molecule has 2 aliphatic heterocycles. The van der Waals surface area contributed by atoms with Gasteiger partial charge in [-0.25, -0.2) is 4.98 Å². The van der Waals surface area contributed by atoms with E-state index in [2.05, 4.69) is 45.5 Å². The lowest BCUT2D eigenvalue weighted by molar-refractivity contribution is -0.344. The van der Waals surface area contributed by atoms with Crippen molar-refractivity contribution in [3.8, 4) is 17.0 Å². The number of carboxylic acids is 1. The number of piperidine rings is 1. The average molecular weight is 672 g/mol. The van der Waals surface area contributed by atoms with Crippen LogP contribution in [0.15, 0.2) is 47.8 Å². The van der Waals surface area contributed by atoms with Gasteiger partial charge in [-0.2, -0.15) is 13.2 Å². The lowest BCUT2D eigenvalue weighted by atomic mass is 10.0. The number of hydrogen-bond donors (Lipinski definition) is 0. The van der Waals surface area contributed by atoms with Gasteiger partial charge in [-0.15, -0.1) is 23.9 Å². The fourth-order valence-corrected chi connectivity index (χ4v) is 6.22. The molecular formula is C31H35Cl2F3N4O3S-2. The van der Waals surface area contributed by atoms with Crippen molar-refractivity contribution in [2.24, 2.45) is 0 Å². The highest BCUT2D eigenvalue weighted by atomic mass is 35.5. The van der Waals surface area contributed by atoms with E-state index >= 15 is 0 Å². The van der Waals surface area contributed by atoms with Crippen LogP contribution in [-0.4, -0.2) is 67.4 Å². The maximum absolute atomic E-state index is 10.5. The molecule has 7 nitrogen and oxygen atoms in total. The highest BCUT2D eigenvalue weighted by Crippen LogP contribution is 2.30. The fraction of sp³-hybridized carbons (Fsp3) is 0.484. The summed E-state index contributed by atoms with van der Waals surface area (Å²) in [4.78, 5) is 18.5. The first kappa shape index (κ1) is 34.3. The SMILES string of the molecule is Clc1ccc(CN2CCC([N-]CCCCOc3ccc(-c4csc(N5CCCC5)n4)cc3)CC2)cc1Cl.O=C([O-])C(F)(F)F. The minimum atomic E-state index is -5.19. The van der Waals surface area contributed by atoms with E-state index in [1.165, 1.54) is 18.4 Å². The molecule has 1 aromatic heterocycles. The molecule has 13 heteroatoms. The first-order chi connectivity index (χ1) is 21.1. The van der Waals surface area contributed by atoms with E-state index in [0.717, 1.165) is 93.7 Å². The van der Waals surface area contributed by atoms with Crippen molar-refractivity contribution in [2.45, 2.75) is 57.3 Å². The van der Waals surface area contributed by atoms with Crippen LogP contribution in [0.2, 0.25) is 10.0 Å². The summed E-state index contributed by atoms with van der Waals surface area (Å²) in [6.07, 6.45) is 1.70. The van der Waals surface area contributed by atoms with E-state index in [-0.39, 0.29) is 0 Å². The number of nitrogens with zero attached hydrogens (tertiary/aromatic N) is 4. The van der Waals surface area contributed by atoms with Crippen LogP contribution in [-0.2, 0) is 11.3 Å². The smallest absolute Gasteiger partial charge is 0.430 e. The average Bonchev–Trinajstić information content (AvgIpc) is 3.71. The van der Waals surface area contributed by atoms with Gasteiger partial charge < -0.3 is 24.9 Å². The number of halogens is 5. The highest BCUT2D eigenvalue weighted by molar-refractivity contribution is 7.14. The van der Waals surface area contributed by atoms with E-state index in [1.807, 2.05) is 12.1 Å². The van der Waals surface area contributed by atoms with E-state index in [1.54, 1.807) is 11.3 Å². The Kier molecular flexibility index (Phi) is 13.0. The van der Waals surface area contributed by atoms with Crippen molar-refractivity contribution in [2.75, 3.05) is 44.2 Å². The molecule has 2 fully saturated rings. The Morgan fingerprint density at radius 1 is 1.02 bits per heavy atom. The van der Waals surface area contributed by atoms with Crippen LogP contribution < -0.4 is 14.7 Å². The molecule has 0 spiro atoms. The number of thiazole rings is 1. The molecule has 0 aliphatic carbocycles. The Balaban J connectivity index is 0.000000566. The molecule has 5 rings (SSSR count). The first-order valence-electron chi connectivity index (χ1n) is 14.6. The second kappa shape index (κ2) is 16.7. The molecule has 0 bridgehead atoms. The number of rotatable bonds is 11. The monoisotopic (exact) mass is 670 g/mol. The number of carboxylic acid groups (broad SMARTS) is 1. The maximum Gasteiger partial charge on any atom is 0.430 e. The summed E-state index contributed by atoms with van der Waals surface area (Å²) in [7, 11) is 0. The molecule has 0 saturated carbocycles. The molecule has 0 atom stereocenters. The molecular weight excluding hydrogens is 636 g/mol. The number of aliphatic carboxylic acids is 1. The lowest BCUT2D eigenvalue weighted by Gasteiger charge is -2.40. The number of benzene rings is 2. The van der Waals surface area contributed by atoms with Gasteiger partial charge in [0.15, 0.2) is 5.13 Å². The highest BCUT2D eigenvalue weighted by Gasteiger charge is 2.28. The molecule has 0 radical (unpaired) electrons. The van der Waals surface area contributed by atoms with Crippen molar-refractivity contribution in [1.82, 2.24) is 9.88 Å². The van der Waals surface area contributed by atoms with Gasteiger partial charge in [-0.3, -0.25) is 4.90 Å². The summed E-state index contributed by atoms with van der Waals surface area (Å²) in [5.41, 5.74) is 3.42. The van der Waals surface area contributed by atoms with Crippen LogP contribution in [0.1, 0.15) is 44.1 Å². The number of hydrogen-bond acceptors (Lipinski definition) is 7. The Morgan fingerprint density at radius 3 is 2.34 bits per heavy atom. The van der Waals surface area contributed by atoms with E-state index in [0.29, 0.717) is 16.1 Å². The number of ether oxygens (including phenoxy) is 1. The summed E-state index contributed by atoms with van der Waals surface area (Å²) in [6.45, 7) is 6.99. The summed E-state index contributed by atoms with van der Waals surface area (Å²) < 4.78 is 37.5. The number of carbonyl (C=O) groups is 1. The quantitative estimate of drug-likeness (QED) is 0.201. The van der Waals surface area contributed by atoms with E-state index in [9.17, 15) is 13.2 Å². The van der Waals surface area contributed by atoms with Crippen LogP contribution in [0.3, 0.4) is 0 Å². The first-order valence-corrected chi connectivity index (χ1v) is 16.3. The van der Waals surface area contributed by atoms with Crippen LogP contribution in [0, 0.1) is 0 Å². The van der Waals surface area contributed by atoms with Gasteiger partial charge in [0.25, 0.3) is 0 Å². The minimum Gasteiger partial charge on any atom is -0.659 e. The van der Waals surface area contributed by atoms with Gasteiger partial charge in [-0.05, 0) is 74.3 Å². The Morgan fingerprint density at radius 2 is 1.70 bits per heavy atom. The third-order valence-electron chi connectivity index (χ3n) is 7.41. The summed E-state index contributed by atoms with van der Waals surface area (Å²) in [5.74, 6) is -2.09. The van der Waals surface area contributed by atoms with Crippen molar-refractivity contribution in [1.29, 1.82) is 0 Å². The molecule has 0 amide bonds. The number of anilines is 1. The number of alkyl halides is 3. The second-order valence-electron chi connectivity index (χ2n) is 10.7. The van der Waals surface area contributed by atoms with Crippen molar-refractivity contribution in [3.05, 3.63) is 68.8 Å². The summed E-state index contributed by atoms with van der Waals surface area (Å²) in [5, 5.41) is 18.3. The van der Waals surface area contributed by atoms with E-state index in [4.69, 9.17) is 48.1 Å². The summed E-state index contributed by atoms with van der Waals surface area (Å²) >= 11 is 13.9. The predicted octanol–water partition coefficient (Wildman–Crippen LogP) is 7.21. The van der Waals surface area contributed by atoms with E-state index < -0.39 is 12.1 Å². The Labute approximate surface area is 269 Å².